The number of phosphoric acid groups is 2. The van der Waals surface area contributed by atoms with Crippen LogP contribution in [0.3, 0.4) is 0 Å². The quantitative estimate of drug-likeness (QED) is 0.00832. The zero-order valence-corrected chi connectivity index (χ0v) is 91.0. The minimum Gasteiger partial charge on any atom is -0.497 e. The number of fused-ring (bicyclic) bond motifs is 2. The monoisotopic (exact) mass is 2130 g/mol. The van der Waals surface area contributed by atoms with E-state index in [2.05, 4.69) is 136 Å². The Hall–Kier alpha value is -9.46. The third-order valence-electron chi connectivity index (χ3n) is 24.2. The maximum absolute atomic E-state index is 13.6. The van der Waals surface area contributed by atoms with Crippen molar-refractivity contribution in [3.8, 4) is 17.6 Å². The van der Waals surface area contributed by atoms with Gasteiger partial charge >= 0.3 is 38.4 Å². The molecular weight excluding hydrogens is 1970 g/mol. The van der Waals surface area contributed by atoms with Gasteiger partial charge in [0, 0.05) is 113 Å². The SMILES string of the molecule is C.C1CCOC1.CC(C)NC(C)C.CC(C)NC(C)C.CCCC.CCNC.CC[C@]1(CO)O[C@@H](n2cc(C)c(=O)[nH]c2=O)C[C@H]1C.CC[C@]1(CO)O[C@@H](n2cc(C)c(=O)[nH]c2=O)C[C@H]1O.N#CCCOP.[C-]#[N+]CCOP1(=O)OC[C@@]2(CO)O[C@@H](n3cc(C)c(=O)[nH]c3=O)C[C@@H]2O1.[C-]#[N+]CCOP1(=O)OC[C@@]2(COC(c3ccccc3)(c3ccc(OC)cc3)c3ccc(OC)cc3)O[C@@H](n3cc(C)c(=O)[nH]c3=O)C[C@@H]2O1. The molecule has 11 heterocycles. The number of nitrogens with zero attached hydrogens (tertiary/aromatic N) is 7. The topological polar surface area (TPSA) is 542 Å². The molecule has 822 valence electrons. The number of methoxy groups -OCH3 is 2. The second-order valence-electron chi connectivity index (χ2n) is 36.6. The highest BCUT2D eigenvalue weighted by Gasteiger charge is 2.61. The molecule has 7 saturated heterocycles. The van der Waals surface area contributed by atoms with Crippen LogP contribution in [0.25, 0.3) is 9.69 Å². The van der Waals surface area contributed by atoms with Gasteiger partial charge in [-0.3, -0.25) is 84.5 Å². The number of aromatic nitrogens is 8. The summed E-state index contributed by atoms with van der Waals surface area (Å²) >= 11 is 0. The molecule has 3 unspecified atom stereocenters. The fourth-order valence-electron chi connectivity index (χ4n) is 16.0. The van der Waals surface area contributed by atoms with Gasteiger partial charge in [-0.25, -0.2) is 41.5 Å². The van der Waals surface area contributed by atoms with E-state index in [1.54, 1.807) is 41.9 Å². The van der Waals surface area contributed by atoms with E-state index in [1.165, 1.54) is 75.7 Å². The smallest absolute Gasteiger partial charge is 0.475 e. The number of nitrogens with one attached hydrogen (secondary N) is 7. The highest BCUT2D eigenvalue weighted by atomic mass is 31.2. The van der Waals surface area contributed by atoms with Crippen LogP contribution in [-0.2, 0) is 74.8 Å². The van der Waals surface area contributed by atoms with Gasteiger partial charge in [0.05, 0.1) is 84.7 Å². The average Bonchev–Trinajstić information content (AvgIpc) is 1.67. The minimum absolute atomic E-state index is 0. The Kier molecular flexibility index (Phi) is 56.2. The Morgan fingerprint density at radius 1 is 0.537 bits per heavy atom. The number of rotatable bonds is 31. The van der Waals surface area contributed by atoms with Crippen LogP contribution in [0.15, 0.2) is 142 Å². The Morgan fingerprint density at radius 3 is 1.18 bits per heavy atom. The number of benzene rings is 3. The fraction of sp³-hybridized carbons (Fsp3) is 0.634. The van der Waals surface area contributed by atoms with Gasteiger partial charge in [-0.2, -0.15) is 5.26 Å². The fourth-order valence-corrected chi connectivity index (χ4v) is 19.0. The number of unbranched alkanes of at least 4 members (excludes halogenated alkanes) is 1. The molecule has 4 aromatic heterocycles. The number of H-pyrrole nitrogens is 4. The summed E-state index contributed by atoms with van der Waals surface area (Å²) < 4.78 is 115. The first-order valence-corrected chi connectivity index (χ1v) is 52.5. The van der Waals surface area contributed by atoms with Gasteiger partial charge in [-0.1, -0.05) is 172 Å². The summed E-state index contributed by atoms with van der Waals surface area (Å²) in [4.78, 5) is 110. The maximum Gasteiger partial charge on any atom is 0.475 e. The molecule has 7 aromatic rings. The first-order valence-electron chi connectivity index (χ1n) is 49.1. The summed E-state index contributed by atoms with van der Waals surface area (Å²) in [5, 5.41) is 56.1. The Balaban J connectivity index is 0.000000388. The van der Waals surface area contributed by atoms with Gasteiger partial charge in [0.2, 0.25) is 13.1 Å². The first-order chi connectivity index (χ1) is 69.3. The van der Waals surface area contributed by atoms with Crippen LogP contribution in [0.5, 0.6) is 11.5 Å². The number of aromatic amines is 4. The number of ether oxygens (including phenoxy) is 8. The van der Waals surface area contributed by atoms with Gasteiger partial charge in [0.1, 0.15) is 84.2 Å². The minimum atomic E-state index is -4.11. The number of aryl methyl sites for hydroxylation is 4. The van der Waals surface area contributed by atoms with E-state index in [0.717, 1.165) is 36.4 Å². The molecule has 0 bridgehead atoms. The van der Waals surface area contributed by atoms with Crippen LogP contribution < -0.4 is 70.4 Å². The molecular formula is C101H159N14O29P3. The highest BCUT2D eigenvalue weighted by molar-refractivity contribution is 7.48. The zero-order chi connectivity index (χ0) is 109. The van der Waals surface area contributed by atoms with E-state index in [9.17, 15) is 67.9 Å². The average molecular weight is 2130 g/mol. The lowest BCUT2D eigenvalue weighted by Crippen LogP contribution is -2.53. The molecule has 15 atom stereocenters. The van der Waals surface area contributed by atoms with Gasteiger partial charge in [0.25, 0.3) is 22.2 Å². The van der Waals surface area contributed by atoms with E-state index < -0.39 is 133 Å². The number of nitriles is 1. The number of aliphatic hydroxyl groups is 4. The summed E-state index contributed by atoms with van der Waals surface area (Å²) in [5.74, 6) is 1.46. The molecule has 0 aliphatic carbocycles. The van der Waals surface area contributed by atoms with E-state index in [1.807, 2.05) is 106 Å². The molecule has 11 N–H and O–H groups in total. The largest absolute Gasteiger partial charge is 0.497 e. The summed E-state index contributed by atoms with van der Waals surface area (Å²) in [6.07, 6.45) is 7.85. The molecule has 0 radical (unpaired) electrons. The standard InChI is InChI=1S/C35H36N3O10P.C14H18N3O8P.C13H20N2O4.C12H18N2O5.2C6H15N.C4H8O.C4H10.C3H6NOP.C3H9N.CH4/c1-24-21-38(33(40)37-32(24)39)31-20-30-34(47-31,23-46-49(41,48-30)45-19-18-36-2)22-44-35(25-8-6-5-7-9-25,26-10-14-28(42-3)15-11-26)27-12-16-29(43-4)17-13-27;1-9-6-17(13(20)16-12(9)19)11-5-10-14(7-18,24-11)8-23-26(21,25-10)22-4-3-15-2;1-4-13(7-16)9(3)5-10(19-13)15-6-8(2)11(17)14-12(15)18;1-3-12(6-15)8(16)4-9(19-12)14-5-7(2)10(17)13-11(14)18;2*1-5(2)7-6(3)4;1-2-4-5-3-1;1-3-4-2;4-2-1-3-5-6;1-3-4-2;/h5-17,21,30-31H,18-20,22-23H2,1,3-4H3,(H,37,39,40);6,10-11,18H,3-5,7-8H2,1H3,(H,16,19,20);6,9-10,16H,4-5,7H2,1-3H3,(H,14,17,18);5,8-9,15-16H,3-4,6H2,1-2H3,(H,13,17,18);2*5-7H,1-4H3;1-4H2;3-4H2,1-2H3;1,3,6H2;4H,3H2,1-2H3;1H4/t30-,31+,34+,49?;10-,11+,14+,26?;9-,10-,13-;8-,9-,12-;;;;;;;/m0011......./s1. The van der Waals surface area contributed by atoms with Crippen LogP contribution in [0, 0.1) is 58.1 Å². The van der Waals surface area contributed by atoms with Crippen molar-refractivity contribution in [1.29, 1.82) is 5.26 Å². The van der Waals surface area contributed by atoms with E-state index in [4.69, 9.17) is 83.4 Å². The predicted molar refractivity (Wildman–Crippen MR) is 561 cm³/mol. The van der Waals surface area contributed by atoms with E-state index >= 15 is 0 Å². The van der Waals surface area contributed by atoms with Crippen LogP contribution in [-0.4, -0.2) is 237 Å². The van der Waals surface area contributed by atoms with Crippen molar-refractivity contribution in [3.05, 3.63) is 249 Å². The van der Waals surface area contributed by atoms with Gasteiger partial charge in [-0.05, 0) is 120 Å². The van der Waals surface area contributed by atoms with Crippen molar-refractivity contribution < 1.29 is 99.1 Å². The lowest BCUT2D eigenvalue weighted by atomic mass is 9.79. The van der Waals surface area contributed by atoms with Crippen molar-refractivity contribution in [2.45, 2.75) is 298 Å². The number of phosphoric ester groups is 2. The summed E-state index contributed by atoms with van der Waals surface area (Å²) in [6.45, 7) is 51.2. The predicted octanol–water partition coefficient (Wildman–Crippen LogP) is 11.7. The Labute approximate surface area is 863 Å². The van der Waals surface area contributed by atoms with Gasteiger partial charge in [-0.15, -0.1) is 0 Å². The normalized spacial score (nSPS) is 24.3. The zero-order valence-electron chi connectivity index (χ0n) is 88.0. The highest BCUT2D eigenvalue weighted by Crippen LogP contribution is 2.61. The summed E-state index contributed by atoms with van der Waals surface area (Å²) in [5.41, 5.74) is -6.05. The molecule has 7 aliphatic heterocycles. The van der Waals surface area contributed by atoms with Crippen molar-refractivity contribution in [2.75, 3.05) is 114 Å². The van der Waals surface area contributed by atoms with Crippen molar-refractivity contribution in [2.24, 2.45) is 5.92 Å². The molecule has 3 aromatic carbocycles. The molecule has 7 fully saturated rings. The number of hydrogen-bond donors (Lipinski definition) is 11. The summed E-state index contributed by atoms with van der Waals surface area (Å²) in [6, 6.07) is 29.1. The molecule has 147 heavy (non-hydrogen) atoms. The van der Waals surface area contributed by atoms with E-state index in [-0.39, 0.29) is 97.5 Å². The molecule has 43 nitrogen and oxygen atoms in total. The van der Waals surface area contributed by atoms with Crippen LogP contribution in [0.1, 0.15) is 239 Å². The van der Waals surface area contributed by atoms with Crippen LogP contribution in [0.2, 0.25) is 0 Å². The lowest BCUT2D eigenvalue weighted by Gasteiger charge is -2.43. The molecule has 7 aliphatic rings. The molecule has 14 rings (SSSR count). The third kappa shape index (κ3) is 37.6. The van der Waals surface area contributed by atoms with Crippen molar-refractivity contribution in [3.63, 3.8) is 0 Å². The van der Waals surface area contributed by atoms with Crippen LogP contribution in [0.4, 0.5) is 0 Å². The van der Waals surface area contributed by atoms with Crippen molar-refractivity contribution >= 4 is 25.1 Å². The number of hydrogen-bond acceptors (Lipinski definition) is 33. The molecule has 0 amide bonds. The second-order valence-corrected chi connectivity index (χ2v) is 40.2. The van der Waals surface area contributed by atoms with Crippen molar-refractivity contribution in [1.82, 2.24) is 54.2 Å². The van der Waals surface area contributed by atoms with E-state index in [0.29, 0.717) is 90.2 Å². The Bertz CT molecular complexity index is 5650. The second kappa shape index (κ2) is 63.6. The number of aliphatic hydroxyl groups excluding tert-OH is 4. The molecule has 0 saturated carbocycles. The van der Waals surface area contributed by atoms with Gasteiger partial charge < -0.3 is 88.5 Å². The third-order valence-corrected chi connectivity index (χ3v) is 27.4. The maximum atomic E-state index is 13.6. The molecule has 0 spiro atoms. The lowest BCUT2D eigenvalue weighted by molar-refractivity contribution is -0.190. The van der Waals surface area contributed by atoms with Gasteiger partial charge in [0.15, 0.2) is 0 Å². The van der Waals surface area contributed by atoms with Crippen LogP contribution >= 0.6 is 25.1 Å². The first kappa shape index (κ1) is 130. The summed E-state index contributed by atoms with van der Waals surface area (Å²) in [7, 11) is -0.815. The Morgan fingerprint density at radius 2 is 0.891 bits per heavy atom. The molecule has 46 heteroatoms.